The van der Waals surface area contributed by atoms with Crippen molar-refractivity contribution in [3.63, 3.8) is 0 Å². The van der Waals surface area contributed by atoms with Gasteiger partial charge in [-0.05, 0) is 41.5 Å². The summed E-state index contributed by atoms with van der Waals surface area (Å²) < 4.78 is 1.35. The predicted molar refractivity (Wildman–Crippen MR) is 73.6 cm³/mol. The van der Waals surface area contributed by atoms with Gasteiger partial charge in [0.05, 0.1) is 6.54 Å². The molecule has 1 aliphatic heterocycles. The lowest BCUT2D eigenvalue weighted by Gasteiger charge is -2.08. The minimum Gasteiger partial charge on any atom is -0.352 e. The van der Waals surface area contributed by atoms with Crippen molar-refractivity contribution in [2.45, 2.75) is 19.5 Å². The summed E-state index contributed by atoms with van der Waals surface area (Å²) in [5.41, 5.74) is 1.29. The fraction of sp³-hybridized carbons (Fsp3) is 0.308. The average Bonchev–Trinajstić information content (AvgIpc) is 2.94. The average molecular weight is 245 g/mol. The molecule has 0 fully saturated rings. The molecule has 0 bridgehead atoms. The molecule has 3 nitrogen and oxygen atoms in total. The molecule has 1 aromatic carbocycles. The second-order valence-corrected chi connectivity index (χ2v) is 5.33. The summed E-state index contributed by atoms with van der Waals surface area (Å²) >= 11 is 1.78. The van der Waals surface area contributed by atoms with Crippen LogP contribution in [0.5, 0.6) is 0 Å². The monoisotopic (exact) mass is 245 g/mol. The fourth-order valence-corrected chi connectivity index (χ4v) is 2.74. The Hall–Kier alpha value is -1.55. The highest BCUT2D eigenvalue weighted by molar-refractivity contribution is 7.17. The molecular weight excluding hydrogens is 230 g/mol. The molecule has 0 saturated heterocycles. The van der Waals surface area contributed by atoms with E-state index < -0.39 is 0 Å². The molecule has 4 heteroatoms. The molecule has 1 aliphatic rings. The van der Waals surface area contributed by atoms with E-state index in [1.165, 1.54) is 15.6 Å². The highest BCUT2D eigenvalue weighted by Gasteiger charge is 2.11. The number of benzene rings is 1. The van der Waals surface area contributed by atoms with Gasteiger partial charge in [-0.1, -0.05) is 6.07 Å². The van der Waals surface area contributed by atoms with Gasteiger partial charge >= 0.3 is 0 Å². The van der Waals surface area contributed by atoms with Gasteiger partial charge in [0.2, 0.25) is 0 Å². The maximum atomic E-state index is 4.38. The van der Waals surface area contributed by atoms with Crippen LogP contribution in [0.2, 0.25) is 0 Å². The van der Waals surface area contributed by atoms with E-state index >= 15 is 0 Å². The van der Waals surface area contributed by atoms with Gasteiger partial charge in [-0.15, -0.1) is 11.3 Å². The van der Waals surface area contributed by atoms with Crippen molar-refractivity contribution in [3.05, 3.63) is 35.2 Å². The topological polar surface area (TPSA) is 36.4 Å². The third-order valence-electron chi connectivity index (χ3n) is 2.88. The molecule has 0 amide bonds. The van der Waals surface area contributed by atoms with Crippen molar-refractivity contribution in [1.29, 1.82) is 0 Å². The first-order valence-corrected chi connectivity index (χ1v) is 6.70. The van der Waals surface area contributed by atoms with Gasteiger partial charge in [0.25, 0.3) is 0 Å². The molecule has 1 atom stereocenters. The minimum atomic E-state index is 0.455. The molecule has 0 saturated carbocycles. The highest BCUT2D eigenvalue weighted by Crippen LogP contribution is 2.21. The van der Waals surface area contributed by atoms with Gasteiger partial charge in [-0.3, -0.25) is 4.99 Å². The van der Waals surface area contributed by atoms with E-state index in [9.17, 15) is 0 Å². The lowest BCUT2D eigenvalue weighted by Crippen LogP contribution is -2.37. The third-order valence-corrected chi connectivity index (χ3v) is 3.78. The van der Waals surface area contributed by atoms with Crippen molar-refractivity contribution in [3.8, 4) is 0 Å². The maximum Gasteiger partial charge on any atom is 0.191 e. The van der Waals surface area contributed by atoms with E-state index in [4.69, 9.17) is 0 Å². The van der Waals surface area contributed by atoms with Crippen molar-refractivity contribution < 1.29 is 0 Å². The Morgan fingerprint density at radius 1 is 1.47 bits per heavy atom. The molecule has 1 aromatic heterocycles. The number of rotatable bonds is 2. The van der Waals surface area contributed by atoms with Crippen LogP contribution in [0.15, 0.2) is 34.6 Å². The summed E-state index contributed by atoms with van der Waals surface area (Å²) in [6, 6.07) is 9.21. The Morgan fingerprint density at radius 3 is 3.24 bits per heavy atom. The molecule has 2 N–H and O–H groups in total. The van der Waals surface area contributed by atoms with E-state index in [0.29, 0.717) is 6.04 Å². The molecule has 1 unspecified atom stereocenters. The molecular formula is C13H15N3S. The number of nitrogens with one attached hydrogen (secondary N) is 2. The minimum absolute atomic E-state index is 0.455. The van der Waals surface area contributed by atoms with E-state index in [0.717, 1.165) is 19.0 Å². The van der Waals surface area contributed by atoms with Crippen molar-refractivity contribution >= 4 is 27.4 Å². The highest BCUT2D eigenvalue weighted by atomic mass is 32.1. The van der Waals surface area contributed by atoms with Gasteiger partial charge in [-0.2, -0.15) is 0 Å². The molecule has 88 valence electrons. The van der Waals surface area contributed by atoms with E-state index in [1.54, 1.807) is 11.3 Å². The molecule has 2 heterocycles. The summed E-state index contributed by atoms with van der Waals surface area (Å²) in [4.78, 5) is 4.38. The summed E-state index contributed by atoms with van der Waals surface area (Å²) in [5.74, 6) is 0.919. The summed E-state index contributed by atoms with van der Waals surface area (Å²) in [7, 11) is 0. The largest absolute Gasteiger partial charge is 0.352 e. The zero-order valence-electron chi connectivity index (χ0n) is 9.73. The lowest BCUT2D eigenvalue weighted by atomic mass is 10.2. The zero-order chi connectivity index (χ0) is 11.7. The first kappa shape index (κ1) is 10.6. The van der Waals surface area contributed by atoms with Crippen LogP contribution in [0, 0.1) is 0 Å². The smallest absolute Gasteiger partial charge is 0.191 e. The van der Waals surface area contributed by atoms with Crippen LogP contribution in [0.25, 0.3) is 10.1 Å². The molecule has 0 spiro atoms. The van der Waals surface area contributed by atoms with Crippen LogP contribution in [0.3, 0.4) is 0 Å². The standard InChI is InChI=1S/C13H15N3S/c1-9-7-14-13(16-9)15-8-10-2-3-12-11(6-10)4-5-17-12/h2-6,9H,7-8H2,1H3,(H2,14,15,16). The Morgan fingerprint density at radius 2 is 2.41 bits per heavy atom. The van der Waals surface area contributed by atoms with E-state index in [2.05, 4.69) is 52.2 Å². The second kappa shape index (κ2) is 4.37. The van der Waals surface area contributed by atoms with Gasteiger partial charge in [-0.25, -0.2) is 0 Å². The van der Waals surface area contributed by atoms with E-state index in [-0.39, 0.29) is 0 Å². The van der Waals surface area contributed by atoms with Crippen LogP contribution >= 0.6 is 11.3 Å². The first-order chi connectivity index (χ1) is 8.31. The Bertz CT molecular complexity index is 559. The van der Waals surface area contributed by atoms with Gasteiger partial charge in [0.15, 0.2) is 5.96 Å². The number of hydrogen-bond acceptors (Lipinski definition) is 4. The normalized spacial score (nSPS) is 19.1. The zero-order valence-corrected chi connectivity index (χ0v) is 10.6. The number of guanidine groups is 1. The summed E-state index contributed by atoms with van der Waals surface area (Å²) in [6.07, 6.45) is 0. The number of thiophene rings is 1. The maximum absolute atomic E-state index is 4.38. The van der Waals surface area contributed by atoms with Crippen molar-refractivity contribution in [1.82, 2.24) is 10.6 Å². The molecule has 17 heavy (non-hydrogen) atoms. The molecule has 0 radical (unpaired) electrons. The van der Waals surface area contributed by atoms with Crippen LogP contribution in [0.4, 0.5) is 0 Å². The van der Waals surface area contributed by atoms with Crippen LogP contribution in [0.1, 0.15) is 12.5 Å². The number of hydrogen-bond donors (Lipinski definition) is 2. The second-order valence-electron chi connectivity index (χ2n) is 4.38. The molecule has 0 aliphatic carbocycles. The van der Waals surface area contributed by atoms with Crippen LogP contribution < -0.4 is 10.6 Å². The van der Waals surface area contributed by atoms with Crippen molar-refractivity contribution in [2.24, 2.45) is 4.99 Å². The molecule has 2 aromatic rings. The van der Waals surface area contributed by atoms with Gasteiger partial charge in [0, 0.05) is 17.3 Å². The van der Waals surface area contributed by atoms with Crippen LogP contribution in [-0.4, -0.2) is 18.5 Å². The quantitative estimate of drug-likeness (QED) is 0.852. The first-order valence-electron chi connectivity index (χ1n) is 5.82. The number of aliphatic imine (C=N–C) groups is 1. The number of nitrogens with zero attached hydrogens (tertiary/aromatic N) is 1. The van der Waals surface area contributed by atoms with Crippen LogP contribution in [-0.2, 0) is 6.54 Å². The molecule has 3 rings (SSSR count). The van der Waals surface area contributed by atoms with E-state index in [1.807, 2.05) is 0 Å². The predicted octanol–water partition coefficient (Wildman–Crippen LogP) is 2.34. The summed E-state index contributed by atoms with van der Waals surface area (Å²) in [5, 5.41) is 10.1. The SMILES string of the molecule is CC1CN=C(NCc2ccc3sccc3c2)N1. The third kappa shape index (κ3) is 2.26. The summed E-state index contributed by atoms with van der Waals surface area (Å²) in [6.45, 7) is 3.83. The van der Waals surface area contributed by atoms with Gasteiger partial charge in [0.1, 0.15) is 0 Å². The van der Waals surface area contributed by atoms with Gasteiger partial charge < -0.3 is 10.6 Å². The van der Waals surface area contributed by atoms with Crippen molar-refractivity contribution in [2.75, 3.05) is 6.54 Å². The fourth-order valence-electron chi connectivity index (χ4n) is 1.97. The number of fused-ring (bicyclic) bond motifs is 1. The lowest BCUT2D eigenvalue weighted by molar-refractivity contribution is 0.713. The Balaban J connectivity index is 1.68. The Labute approximate surface area is 105 Å². The Kier molecular flexibility index (Phi) is 2.73.